The van der Waals surface area contributed by atoms with E-state index in [9.17, 15) is 9.59 Å². The molecule has 1 aliphatic heterocycles. The number of thiophene rings is 1. The molecule has 0 spiro atoms. The molecule has 3 aromatic rings. The summed E-state index contributed by atoms with van der Waals surface area (Å²) in [6, 6.07) is 17.7. The van der Waals surface area contributed by atoms with Gasteiger partial charge in [0, 0.05) is 59.2 Å². The van der Waals surface area contributed by atoms with Gasteiger partial charge in [-0.15, -0.1) is 11.3 Å². The topological polar surface area (TPSA) is 45.6 Å². The second-order valence-corrected chi connectivity index (χ2v) is 9.18. The van der Waals surface area contributed by atoms with Crippen molar-refractivity contribution in [3.63, 3.8) is 0 Å². The zero-order chi connectivity index (χ0) is 20.2. The van der Waals surface area contributed by atoms with Crippen LogP contribution in [0.3, 0.4) is 0 Å². The molecule has 0 N–H and O–H groups in total. The molecule has 4 rings (SSSR count). The third kappa shape index (κ3) is 5.04. The normalized spacial score (nSPS) is 14.9. The van der Waals surface area contributed by atoms with Crippen molar-refractivity contribution in [1.29, 1.82) is 0 Å². The molecule has 1 aromatic carbocycles. The van der Waals surface area contributed by atoms with Gasteiger partial charge in [0.25, 0.3) is 5.56 Å². The van der Waals surface area contributed by atoms with Gasteiger partial charge in [-0.1, -0.05) is 34.1 Å². The molecule has 0 unspecified atom stereocenters. The van der Waals surface area contributed by atoms with Gasteiger partial charge in [-0.2, -0.15) is 0 Å². The van der Waals surface area contributed by atoms with Crippen LogP contribution < -0.4 is 5.56 Å². The number of hydrogen-bond donors (Lipinski definition) is 0. The maximum Gasteiger partial charge on any atom is 0.250 e. The maximum atomic E-state index is 12.5. The molecule has 7 heteroatoms. The van der Waals surface area contributed by atoms with Gasteiger partial charge in [0.2, 0.25) is 5.91 Å². The van der Waals surface area contributed by atoms with Crippen molar-refractivity contribution in [3.05, 3.63) is 80.5 Å². The van der Waals surface area contributed by atoms with Crippen LogP contribution in [0.5, 0.6) is 0 Å². The Balaban J connectivity index is 1.30. The summed E-state index contributed by atoms with van der Waals surface area (Å²) in [7, 11) is 0. The minimum atomic E-state index is -0.140. The van der Waals surface area contributed by atoms with Crippen LogP contribution in [0.15, 0.2) is 70.1 Å². The summed E-state index contributed by atoms with van der Waals surface area (Å²) in [5.41, 5.74) is 1.09. The molecule has 0 radical (unpaired) electrons. The predicted molar refractivity (Wildman–Crippen MR) is 120 cm³/mol. The van der Waals surface area contributed by atoms with Crippen LogP contribution in [-0.2, 0) is 17.9 Å². The number of halogens is 1. The number of rotatable bonds is 5. The van der Waals surface area contributed by atoms with Gasteiger partial charge in [0.15, 0.2) is 0 Å². The van der Waals surface area contributed by atoms with E-state index in [1.54, 1.807) is 18.3 Å². The van der Waals surface area contributed by atoms with Crippen molar-refractivity contribution in [1.82, 2.24) is 14.4 Å². The van der Waals surface area contributed by atoms with Crippen molar-refractivity contribution < 1.29 is 4.79 Å². The van der Waals surface area contributed by atoms with Gasteiger partial charge >= 0.3 is 0 Å². The highest BCUT2D eigenvalue weighted by molar-refractivity contribution is 9.10. The van der Waals surface area contributed by atoms with Gasteiger partial charge in [-0.25, -0.2) is 0 Å². The summed E-state index contributed by atoms with van der Waals surface area (Å²) in [5, 5.41) is 0. The molecule has 2 aromatic heterocycles. The Labute approximate surface area is 182 Å². The quantitative estimate of drug-likeness (QED) is 0.569. The average molecular weight is 472 g/mol. The lowest BCUT2D eigenvalue weighted by Gasteiger charge is -2.34. The zero-order valence-corrected chi connectivity index (χ0v) is 18.4. The standard InChI is InChI=1S/C22H22BrN3O2S/c23-18-6-4-17(5-7-18)20-9-8-19(29-20)15-24-11-13-25(14-12-24)22(28)16-26-10-2-1-3-21(26)27/h1-10H,11-16H2. The Bertz CT molecular complexity index is 1040. The molecule has 3 heterocycles. The number of carbonyl (C=O) groups is 1. The molecule has 1 amide bonds. The second kappa shape index (κ2) is 9.07. The fourth-order valence-electron chi connectivity index (χ4n) is 3.44. The molecular weight excluding hydrogens is 450 g/mol. The summed E-state index contributed by atoms with van der Waals surface area (Å²) >= 11 is 5.30. The molecule has 0 atom stereocenters. The van der Waals surface area contributed by atoms with Crippen molar-refractivity contribution in [2.75, 3.05) is 26.2 Å². The van der Waals surface area contributed by atoms with E-state index in [2.05, 4.69) is 57.2 Å². The van der Waals surface area contributed by atoms with Crippen LogP contribution in [0.2, 0.25) is 0 Å². The van der Waals surface area contributed by atoms with Crippen LogP contribution in [0, 0.1) is 0 Å². The highest BCUT2D eigenvalue weighted by atomic mass is 79.9. The average Bonchev–Trinajstić information content (AvgIpc) is 3.19. The van der Waals surface area contributed by atoms with E-state index in [0.717, 1.165) is 24.1 Å². The lowest BCUT2D eigenvalue weighted by atomic mass is 10.2. The first kappa shape index (κ1) is 20.1. The molecule has 0 saturated carbocycles. The maximum absolute atomic E-state index is 12.5. The molecule has 150 valence electrons. The van der Waals surface area contributed by atoms with E-state index in [1.807, 2.05) is 16.2 Å². The monoisotopic (exact) mass is 471 g/mol. The summed E-state index contributed by atoms with van der Waals surface area (Å²) in [6.45, 7) is 4.11. The lowest BCUT2D eigenvalue weighted by Crippen LogP contribution is -2.49. The van der Waals surface area contributed by atoms with E-state index >= 15 is 0 Å². The van der Waals surface area contributed by atoms with E-state index in [1.165, 1.54) is 26.0 Å². The number of benzene rings is 1. The summed E-state index contributed by atoms with van der Waals surface area (Å²) in [6.07, 6.45) is 1.66. The second-order valence-electron chi connectivity index (χ2n) is 7.10. The van der Waals surface area contributed by atoms with Crippen molar-refractivity contribution >= 4 is 33.2 Å². The number of pyridine rings is 1. The number of piperazine rings is 1. The van der Waals surface area contributed by atoms with Crippen molar-refractivity contribution in [2.24, 2.45) is 0 Å². The van der Waals surface area contributed by atoms with E-state index in [-0.39, 0.29) is 18.0 Å². The first-order valence-corrected chi connectivity index (χ1v) is 11.2. The number of nitrogens with zero attached hydrogens (tertiary/aromatic N) is 3. The summed E-state index contributed by atoms with van der Waals surface area (Å²) in [4.78, 5) is 31.2. The first-order chi connectivity index (χ1) is 14.1. The Hall–Kier alpha value is -2.22. The largest absolute Gasteiger partial charge is 0.339 e. The van der Waals surface area contributed by atoms with Crippen LogP contribution in [0.25, 0.3) is 10.4 Å². The van der Waals surface area contributed by atoms with Crippen LogP contribution in [0.1, 0.15) is 4.88 Å². The fraction of sp³-hybridized carbons (Fsp3) is 0.273. The number of carbonyl (C=O) groups excluding carboxylic acids is 1. The minimum Gasteiger partial charge on any atom is -0.339 e. The van der Waals surface area contributed by atoms with Gasteiger partial charge in [0.1, 0.15) is 6.54 Å². The fourth-order valence-corrected chi connectivity index (χ4v) is 4.76. The molecule has 5 nitrogen and oxygen atoms in total. The van der Waals surface area contributed by atoms with Crippen molar-refractivity contribution in [2.45, 2.75) is 13.1 Å². The molecule has 1 fully saturated rings. The molecule has 0 aliphatic carbocycles. The van der Waals surface area contributed by atoms with E-state index < -0.39 is 0 Å². The molecule has 1 aliphatic rings. The van der Waals surface area contributed by atoms with Crippen LogP contribution in [0.4, 0.5) is 0 Å². The summed E-state index contributed by atoms with van der Waals surface area (Å²) < 4.78 is 2.55. The molecule has 29 heavy (non-hydrogen) atoms. The van der Waals surface area contributed by atoms with E-state index in [4.69, 9.17) is 0 Å². The Morgan fingerprint density at radius 1 is 0.966 bits per heavy atom. The third-order valence-corrected chi connectivity index (χ3v) is 6.75. The lowest BCUT2D eigenvalue weighted by molar-refractivity contribution is -0.133. The number of hydrogen-bond acceptors (Lipinski definition) is 4. The molecule has 1 saturated heterocycles. The number of aromatic nitrogens is 1. The van der Waals surface area contributed by atoms with Gasteiger partial charge in [-0.3, -0.25) is 14.5 Å². The smallest absolute Gasteiger partial charge is 0.250 e. The number of amides is 1. The zero-order valence-electron chi connectivity index (χ0n) is 16.0. The highest BCUT2D eigenvalue weighted by Crippen LogP contribution is 2.30. The summed E-state index contributed by atoms with van der Waals surface area (Å²) in [5.74, 6) is 0.00611. The molecular formula is C22H22BrN3O2S. The third-order valence-electron chi connectivity index (χ3n) is 5.10. The Morgan fingerprint density at radius 2 is 1.72 bits per heavy atom. The van der Waals surface area contributed by atoms with Crippen LogP contribution >= 0.6 is 27.3 Å². The molecule has 0 bridgehead atoms. The van der Waals surface area contributed by atoms with Crippen LogP contribution in [-0.4, -0.2) is 46.5 Å². The highest BCUT2D eigenvalue weighted by Gasteiger charge is 2.21. The Morgan fingerprint density at radius 3 is 2.45 bits per heavy atom. The van der Waals surface area contributed by atoms with E-state index in [0.29, 0.717) is 13.1 Å². The first-order valence-electron chi connectivity index (χ1n) is 9.59. The Kier molecular flexibility index (Phi) is 6.28. The SMILES string of the molecule is O=C(Cn1ccccc1=O)N1CCN(Cc2ccc(-c3ccc(Br)cc3)s2)CC1. The van der Waals surface area contributed by atoms with Gasteiger partial charge in [0.05, 0.1) is 0 Å². The van der Waals surface area contributed by atoms with Gasteiger partial charge < -0.3 is 9.47 Å². The minimum absolute atomic E-state index is 0.00611. The van der Waals surface area contributed by atoms with Crippen molar-refractivity contribution in [3.8, 4) is 10.4 Å². The van der Waals surface area contributed by atoms with Gasteiger partial charge in [-0.05, 0) is 35.9 Å². The predicted octanol–water partition coefficient (Wildman–Crippen LogP) is 3.68.